The van der Waals surface area contributed by atoms with Crippen molar-refractivity contribution in [3.63, 3.8) is 0 Å². The summed E-state index contributed by atoms with van der Waals surface area (Å²) in [5, 5.41) is 12.4. The molecule has 0 spiro atoms. The number of pyridine rings is 1. The Morgan fingerprint density at radius 3 is 2.79 bits per heavy atom. The van der Waals surface area contributed by atoms with E-state index in [4.69, 9.17) is 19.2 Å². The summed E-state index contributed by atoms with van der Waals surface area (Å²) in [6.45, 7) is 2.97. The molecule has 0 saturated carbocycles. The summed E-state index contributed by atoms with van der Waals surface area (Å²) in [7, 11) is 3.20. The van der Waals surface area contributed by atoms with Gasteiger partial charge in [0.1, 0.15) is 17.0 Å². The molecule has 1 aromatic carbocycles. The van der Waals surface area contributed by atoms with Crippen LogP contribution >= 0.6 is 11.3 Å². The summed E-state index contributed by atoms with van der Waals surface area (Å²) in [6, 6.07) is 5.69. The van der Waals surface area contributed by atoms with Gasteiger partial charge in [-0.25, -0.2) is 14.8 Å². The fourth-order valence-corrected chi connectivity index (χ4v) is 5.57. The largest absolute Gasteiger partial charge is 0.493 e. The molecule has 0 aliphatic carbocycles. The average Bonchev–Trinajstić information content (AvgIpc) is 3.50. The highest BCUT2D eigenvalue weighted by Crippen LogP contribution is 2.46. The van der Waals surface area contributed by atoms with Gasteiger partial charge in [0.15, 0.2) is 11.5 Å². The topological polar surface area (TPSA) is 111 Å². The number of benzene rings is 1. The number of anilines is 1. The van der Waals surface area contributed by atoms with Crippen LogP contribution in [0.2, 0.25) is 0 Å². The predicted molar refractivity (Wildman–Crippen MR) is 130 cm³/mol. The molecule has 10 heteroatoms. The van der Waals surface area contributed by atoms with E-state index in [2.05, 4.69) is 20.5 Å². The molecule has 9 nitrogen and oxygen atoms in total. The monoisotopic (exact) mass is 479 g/mol. The summed E-state index contributed by atoms with van der Waals surface area (Å²) in [6.07, 6.45) is 3.69. The third-order valence-electron chi connectivity index (χ3n) is 5.85. The minimum absolute atomic E-state index is 0.257. The zero-order chi connectivity index (χ0) is 23.7. The van der Waals surface area contributed by atoms with Crippen LogP contribution in [0.5, 0.6) is 11.5 Å². The highest BCUT2D eigenvalue weighted by Gasteiger charge is 2.29. The number of nitrogens with zero attached hydrogens (tertiary/aromatic N) is 3. The lowest BCUT2D eigenvalue weighted by Crippen LogP contribution is -2.14. The first kappa shape index (κ1) is 22.1. The van der Waals surface area contributed by atoms with E-state index >= 15 is 0 Å². The first-order valence-electron chi connectivity index (χ1n) is 11.1. The number of ether oxygens (including phenoxy) is 3. The number of methoxy groups -OCH3 is 2. The van der Waals surface area contributed by atoms with Gasteiger partial charge in [-0.2, -0.15) is 5.10 Å². The Morgan fingerprint density at radius 2 is 2.06 bits per heavy atom. The summed E-state index contributed by atoms with van der Waals surface area (Å²) >= 11 is 1.61. The molecule has 0 radical (unpaired) electrons. The summed E-state index contributed by atoms with van der Waals surface area (Å²) in [5.41, 5.74) is 3.83. The van der Waals surface area contributed by atoms with Gasteiger partial charge in [0.2, 0.25) is 0 Å². The second kappa shape index (κ2) is 9.30. The number of carbonyl (C=O) groups excluding carboxylic acids is 1. The number of H-pyrrole nitrogens is 1. The van der Waals surface area contributed by atoms with Crippen molar-refractivity contribution < 1.29 is 19.0 Å². The third-order valence-corrected chi connectivity index (χ3v) is 6.94. The number of fused-ring (bicyclic) bond motifs is 3. The molecule has 2 N–H and O–H groups in total. The predicted octanol–water partition coefficient (Wildman–Crippen LogP) is 4.22. The first-order valence-corrected chi connectivity index (χ1v) is 11.9. The Balaban J connectivity index is 1.85. The number of thiophene rings is 1. The highest BCUT2D eigenvalue weighted by molar-refractivity contribution is 7.22. The van der Waals surface area contributed by atoms with Crippen LogP contribution in [0.15, 0.2) is 24.5 Å². The van der Waals surface area contributed by atoms with E-state index < -0.39 is 5.97 Å². The van der Waals surface area contributed by atoms with Gasteiger partial charge in [0.25, 0.3) is 0 Å². The number of aromatic nitrogens is 4. The van der Waals surface area contributed by atoms with Crippen molar-refractivity contribution in [2.75, 3.05) is 32.7 Å². The molecule has 1 aliphatic heterocycles. The number of aryl methyl sites for hydroxylation is 1. The van der Waals surface area contributed by atoms with E-state index in [0.717, 1.165) is 45.7 Å². The molecule has 1 aliphatic rings. The fourth-order valence-electron chi connectivity index (χ4n) is 4.39. The smallest absolute Gasteiger partial charge is 0.340 e. The maximum absolute atomic E-state index is 13.4. The Morgan fingerprint density at radius 1 is 1.21 bits per heavy atom. The fraction of sp³-hybridized carbons (Fsp3) is 0.333. The van der Waals surface area contributed by atoms with Gasteiger partial charge in [-0.1, -0.05) is 17.4 Å². The van der Waals surface area contributed by atoms with Crippen LogP contribution in [-0.4, -0.2) is 53.5 Å². The summed E-state index contributed by atoms with van der Waals surface area (Å²) in [4.78, 5) is 23.5. The van der Waals surface area contributed by atoms with Gasteiger partial charge in [0, 0.05) is 17.5 Å². The Bertz CT molecular complexity index is 1350. The molecule has 3 aromatic heterocycles. The van der Waals surface area contributed by atoms with Crippen molar-refractivity contribution in [3.05, 3.63) is 47.2 Å². The summed E-state index contributed by atoms with van der Waals surface area (Å²) in [5.74, 6) is 1.40. The van der Waals surface area contributed by atoms with Crippen molar-refractivity contribution in [1.82, 2.24) is 20.2 Å². The minimum atomic E-state index is -0.417. The van der Waals surface area contributed by atoms with Crippen molar-refractivity contribution >= 4 is 32.5 Å². The van der Waals surface area contributed by atoms with Gasteiger partial charge in [0.05, 0.1) is 43.5 Å². The van der Waals surface area contributed by atoms with E-state index in [-0.39, 0.29) is 6.61 Å². The SMILES string of the molecule is CCOC(=O)c1c(Cc2ncn[nH]2)nc2sc3c(c2c1-c1ccc(OC)c(OC)c1)CCCN3. The van der Waals surface area contributed by atoms with Crippen LogP contribution in [0.4, 0.5) is 5.00 Å². The zero-order valence-electron chi connectivity index (χ0n) is 19.2. The third kappa shape index (κ3) is 3.83. The lowest BCUT2D eigenvalue weighted by Gasteiger charge is -2.18. The number of carbonyl (C=O) groups is 1. The molecule has 0 fully saturated rings. The minimum Gasteiger partial charge on any atom is -0.493 e. The summed E-state index contributed by atoms with van der Waals surface area (Å²) < 4.78 is 16.5. The molecule has 176 valence electrons. The molecule has 4 heterocycles. The molecule has 0 saturated heterocycles. The van der Waals surface area contributed by atoms with E-state index in [1.54, 1.807) is 32.5 Å². The second-order valence-electron chi connectivity index (χ2n) is 7.83. The Labute approximate surface area is 200 Å². The van der Waals surface area contributed by atoms with Crippen LogP contribution in [0.3, 0.4) is 0 Å². The number of aromatic amines is 1. The van der Waals surface area contributed by atoms with Crippen molar-refractivity contribution in [2.45, 2.75) is 26.2 Å². The standard InChI is InChI=1S/C24H25N5O4S/c1-4-33-24(30)21-15(11-18-26-12-27-29-18)28-23-20(14-6-5-9-25-22(14)34-23)19(21)13-7-8-16(31-2)17(10-13)32-3/h7-8,10,12,25H,4-6,9,11H2,1-3H3,(H,26,27,29). The zero-order valence-corrected chi connectivity index (χ0v) is 20.0. The van der Waals surface area contributed by atoms with Crippen LogP contribution in [-0.2, 0) is 17.6 Å². The first-order chi connectivity index (χ1) is 16.6. The molecule has 0 unspecified atom stereocenters. The van der Waals surface area contributed by atoms with Gasteiger partial charge in [-0.15, -0.1) is 0 Å². The Kier molecular flexibility index (Phi) is 6.06. The van der Waals surface area contributed by atoms with E-state index in [0.29, 0.717) is 35.0 Å². The average molecular weight is 480 g/mol. The molecular weight excluding hydrogens is 454 g/mol. The second-order valence-corrected chi connectivity index (χ2v) is 8.83. The number of hydrogen-bond acceptors (Lipinski definition) is 9. The molecule has 5 rings (SSSR count). The molecular formula is C24H25N5O4S. The molecule has 4 aromatic rings. The van der Waals surface area contributed by atoms with Crippen molar-refractivity contribution in [1.29, 1.82) is 0 Å². The maximum Gasteiger partial charge on any atom is 0.340 e. The number of nitrogens with one attached hydrogen (secondary N) is 2. The van der Waals surface area contributed by atoms with Crippen LogP contribution < -0.4 is 14.8 Å². The van der Waals surface area contributed by atoms with Gasteiger partial charge in [-0.05, 0) is 43.0 Å². The maximum atomic E-state index is 13.4. The lowest BCUT2D eigenvalue weighted by molar-refractivity contribution is 0.0526. The van der Waals surface area contributed by atoms with Crippen LogP contribution in [0.1, 0.15) is 40.8 Å². The molecule has 34 heavy (non-hydrogen) atoms. The van der Waals surface area contributed by atoms with E-state index in [1.807, 2.05) is 18.2 Å². The van der Waals surface area contributed by atoms with E-state index in [1.165, 1.54) is 11.9 Å². The molecule has 0 amide bonds. The normalized spacial score (nSPS) is 12.8. The Hall–Kier alpha value is -3.66. The van der Waals surface area contributed by atoms with Crippen molar-refractivity contribution in [2.24, 2.45) is 0 Å². The van der Waals surface area contributed by atoms with E-state index in [9.17, 15) is 4.79 Å². The lowest BCUT2D eigenvalue weighted by atomic mass is 9.91. The number of rotatable bonds is 7. The van der Waals surface area contributed by atoms with Gasteiger partial charge < -0.3 is 19.5 Å². The van der Waals surface area contributed by atoms with Crippen molar-refractivity contribution in [3.8, 4) is 22.6 Å². The highest BCUT2D eigenvalue weighted by atomic mass is 32.1. The van der Waals surface area contributed by atoms with Crippen LogP contribution in [0.25, 0.3) is 21.3 Å². The number of hydrogen-bond donors (Lipinski definition) is 2. The number of esters is 1. The molecule has 0 atom stereocenters. The quantitative estimate of drug-likeness (QED) is 0.379. The van der Waals surface area contributed by atoms with Gasteiger partial charge >= 0.3 is 5.97 Å². The van der Waals surface area contributed by atoms with Gasteiger partial charge in [-0.3, -0.25) is 5.10 Å². The van der Waals surface area contributed by atoms with Crippen LogP contribution in [0, 0.1) is 0 Å². The molecule has 0 bridgehead atoms.